The lowest BCUT2D eigenvalue weighted by Crippen LogP contribution is -2.49. The number of hydrogen-bond donors (Lipinski definition) is 0. The lowest BCUT2D eigenvalue weighted by atomic mass is 10.1. The molecule has 21 heavy (non-hydrogen) atoms. The maximum absolute atomic E-state index is 12.3. The van der Waals surface area contributed by atoms with Gasteiger partial charge in [0.2, 0.25) is 5.91 Å². The van der Waals surface area contributed by atoms with Crippen molar-refractivity contribution in [2.75, 3.05) is 31.1 Å². The van der Waals surface area contributed by atoms with Crippen molar-refractivity contribution in [2.24, 2.45) is 0 Å². The van der Waals surface area contributed by atoms with Crippen molar-refractivity contribution < 1.29 is 4.79 Å². The van der Waals surface area contributed by atoms with Crippen molar-refractivity contribution in [1.82, 2.24) is 9.88 Å². The molecule has 1 aromatic carbocycles. The highest BCUT2D eigenvalue weighted by Crippen LogP contribution is 2.21. The summed E-state index contributed by atoms with van der Waals surface area (Å²) in [6.45, 7) is 5.31. The van der Waals surface area contributed by atoms with Gasteiger partial charge >= 0.3 is 0 Å². The molecule has 0 radical (unpaired) electrons. The second-order valence-corrected chi connectivity index (χ2v) is 6.14. The molecule has 4 nitrogen and oxygen atoms in total. The molecule has 0 spiro atoms. The molecule has 0 saturated carbocycles. The predicted molar refractivity (Wildman–Crippen MR) is 85.8 cm³/mol. The predicted octanol–water partition coefficient (Wildman–Crippen LogP) is 2.34. The van der Waals surface area contributed by atoms with E-state index in [0.717, 1.165) is 42.6 Å². The van der Waals surface area contributed by atoms with E-state index in [4.69, 9.17) is 0 Å². The van der Waals surface area contributed by atoms with Gasteiger partial charge in [0.05, 0.1) is 12.1 Å². The summed E-state index contributed by atoms with van der Waals surface area (Å²) in [5.74, 6) is 0.219. The van der Waals surface area contributed by atoms with E-state index in [0.29, 0.717) is 6.42 Å². The zero-order valence-electron chi connectivity index (χ0n) is 12.2. The molecule has 5 heteroatoms. The lowest BCUT2D eigenvalue weighted by molar-refractivity contribution is -0.130. The summed E-state index contributed by atoms with van der Waals surface area (Å²) in [7, 11) is 0. The number of aromatic nitrogens is 1. The van der Waals surface area contributed by atoms with Crippen LogP contribution in [0, 0.1) is 6.92 Å². The Morgan fingerprint density at radius 3 is 2.52 bits per heavy atom. The summed E-state index contributed by atoms with van der Waals surface area (Å²) >= 11 is 1.68. The summed E-state index contributed by atoms with van der Waals surface area (Å²) in [5.41, 5.74) is 2.15. The Balaban J connectivity index is 1.54. The molecule has 0 atom stereocenters. The first-order valence-electron chi connectivity index (χ1n) is 7.21. The summed E-state index contributed by atoms with van der Waals surface area (Å²) in [4.78, 5) is 21.1. The molecule has 1 fully saturated rings. The van der Waals surface area contributed by atoms with Crippen molar-refractivity contribution in [2.45, 2.75) is 13.3 Å². The second kappa shape index (κ2) is 6.26. The van der Waals surface area contributed by atoms with Crippen molar-refractivity contribution in [1.29, 1.82) is 0 Å². The largest absolute Gasteiger partial charge is 0.345 e. The fraction of sp³-hybridized carbons (Fsp3) is 0.375. The van der Waals surface area contributed by atoms with Gasteiger partial charge in [0.25, 0.3) is 0 Å². The van der Waals surface area contributed by atoms with Crippen molar-refractivity contribution in [3.8, 4) is 0 Å². The summed E-state index contributed by atoms with van der Waals surface area (Å²) in [6.07, 6.45) is 0.497. The van der Waals surface area contributed by atoms with E-state index in [9.17, 15) is 4.79 Å². The fourth-order valence-electron chi connectivity index (χ4n) is 2.52. The van der Waals surface area contributed by atoms with Crippen LogP contribution in [0.2, 0.25) is 0 Å². The quantitative estimate of drug-likeness (QED) is 0.873. The van der Waals surface area contributed by atoms with Gasteiger partial charge in [-0.05, 0) is 12.5 Å². The first-order chi connectivity index (χ1) is 10.2. The van der Waals surface area contributed by atoms with Crippen molar-refractivity contribution in [3.63, 3.8) is 0 Å². The number of piperazine rings is 1. The second-order valence-electron chi connectivity index (χ2n) is 5.30. The van der Waals surface area contributed by atoms with Gasteiger partial charge in [0, 0.05) is 31.6 Å². The minimum Gasteiger partial charge on any atom is -0.345 e. The highest BCUT2D eigenvalue weighted by Gasteiger charge is 2.22. The third kappa shape index (κ3) is 3.42. The monoisotopic (exact) mass is 301 g/mol. The molecule has 0 aliphatic carbocycles. The molecule has 1 aromatic heterocycles. The number of amides is 1. The highest BCUT2D eigenvalue weighted by molar-refractivity contribution is 7.13. The molecule has 1 aliphatic heterocycles. The van der Waals surface area contributed by atoms with Gasteiger partial charge < -0.3 is 9.80 Å². The number of aryl methyl sites for hydroxylation is 1. The molecule has 1 aliphatic rings. The van der Waals surface area contributed by atoms with Crippen LogP contribution in [0.1, 0.15) is 11.3 Å². The van der Waals surface area contributed by atoms with Crippen LogP contribution in [0.25, 0.3) is 0 Å². The third-order valence-corrected chi connectivity index (χ3v) is 4.73. The van der Waals surface area contributed by atoms with Crippen LogP contribution >= 0.6 is 11.3 Å². The molecule has 110 valence electrons. The van der Waals surface area contributed by atoms with E-state index in [-0.39, 0.29) is 5.91 Å². The zero-order chi connectivity index (χ0) is 14.7. The number of nitrogens with zero attached hydrogens (tertiary/aromatic N) is 3. The minimum atomic E-state index is 0.219. The Kier molecular flexibility index (Phi) is 4.20. The van der Waals surface area contributed by atoms with E-state index in [1.165, 1.54) is 0 Å². The van der Waals surface area contributed by atoms with E-state index in [2.05, 4.69) is 15.3 Å². The van der Waals surface area contributed by atoms with Crippen molar-refractivity contribution in [3.05, 3.63) is 47.0 Å². The Hall–Kier alpha value is -1.88. The number of anilines is 1. The smallest absolute Gasteiger partial charge is 0.227 e. The number of thiazole rings is 1. The maximum Gasteiger partial charge on any atom is 0.227 e. The van der Waals surface area contributed by atoms with Crippen molar-refractivity contribution >= 4 is 22.4 Å². The number of carbonyl (C=O) groups is 1. The molecule has 1 saturated heterocycles. The van der Waals surface area contributed by atoms with Crippen LogP contribution in [-0.2, 0) is 11.2 Å². The van der Waals surface area contributed by atoms with Crippen LogP contribution in [0.5, 0.6) is 0 Å². The highest BCUT2D eigenvalue weighted by atomic mass is 32.1. The minimum absolute atomic E-state index is 0.219. The van der Waals surface area contributed by atoms with Gasteiger partial charge in [0.1, 0.15) is 0 Å². The zero-order valence-corrected chi connectivity index (χ0v) is 13.0. The van der Waals surface area contributed by atoms with Gasteiger partial charge in [-0.25, -0.2) is 4.98 Å². The Labute approximate surface area is 129 Å². The molecule has 1 amide bonds. The van der Waals surface area contributed by atoms with Crippen LogP contribution < -0.4 is 4.90 Å². The molecule has 2 heterocycles. The molecule has 0 N–H and O–H groups in total. The van der Waals surface area contributed by atoms with Crippen LogP contribution in [0.3, 0.4) is 0 Å². The topological polar surface area (TPSA) is 36.4 Å². The normalized spacial score (nSPS) is 15.3. The van der Waals surface area contributed by atoms with Crippen LogP contribution in [0.15, 0.2) is 35.7 Å². The van der Waals surface area contributed by atoms with Gasteiger partial charge in [-0.15, -0.1) is 11.3 Å². The standard InChI is InChI=1S/C16H19N3OS/c1-13-12-21-16(17-13)19-9-7-18(8-10-19)15(20)11-14-5-3-2-4-6-14/h2-6,12H,7-11H2,1H3. The summed E-state index contributed by atoms with van der Waals surface area (Å²) in [5, 5.41) is 3.14. The molecular formula is C16H19N3OS. The van der Waals surface area contributed by atoms with E-state index in [1.54, 1.807) is 11.3 Å². The van der Waals surface area contributed by atoms with E-state index in [1.807, 2.05) is 42.2 Å². The van der Waals surface area contributed by atoms with Gasteiger partial charge in [0.15, 0.2) is 5.13 Å². The number of benzene rings is 1. The van der Waals surface area contributed by atoms with Crippen LogP contribution in [0.4, 0.5) is 5.13 Å². The van der Waals surface area contributed by atoms with E-state index < -0.39 is 0 Å². The average molecular weight is 301 g/mol. The first-order valence-corrected chi connectivity index (χ1v) is 8.09. The van der Waals surface area contributed by atoms with Gasteiger partial charge in [-0.1, -0.05) is 30.3 Å². The SMILES string of the molecule is Cc1csc(N2CCN(C(=O)Cc3ccccc3)CC2)n1. The van der Waals surface area contributed by atoms with E-state index >= 15 is 0 Å². The molecule has 0 unspecified atom stereocenters. The van der Waals surface area contributed by atoms with Gasteiger partial charge in [-0.2, -0.15) is 0 Å². The number of rotatable bonds is 3. The van der Waals surface area contributed by atoms with Gasteiger partial charge in [-0.3, -0.25) is 4.79 Å². The number of carbonyl (C=O) groups excluding carboxylic acids is 1. The Morgan fingerprint density at radius 1 is 1.19 bits per heavy atom. The average Bonchev–Trinajstić information content (AvgIpc) is 2.95. The van der Waals surface area contributed by atoms with Crippen LogP contribution in [-0.4, -0.2) is 42.0 Å². The number of hydrogen-bond acceptors (Lipinski definition) is 4. The first kappa shape index (κ1) is 14.1. The summed E-state index contributed by atoms with van der Waals surface area (Å²) in [6, 6.07) is 9.94. The molecule has 3 rings (SSSR count). The Bertz CT molecular complexity index is 603. The Morgan fingerprint density at radius 2 is 1.90 bits per heavy atom. The molecule has 2 aromatic rings. The summed E-state index contributed by atoms with van der Waals surface area (Å²) < 4.78 is 0. The fourth-order valence-corrected chi connectivity index (χ4v) is 3.37. The molecule has 0 bridgehead atoms. The third-order valence-electron chi connectivity index (χ3n) is 3.71. The molecular weight excluding hydrogens is 282 g/mol. The lowest BCUT2D eigenvalue weighted by Gasteiger charge is -2.34. The maximum atomic E-state index is 12.3.